The number of rotatable bonds is 6. The van der Waals surface area contributed by atoms with Crippen molar-refractivity contribution in [3.05, 3.63) is 41.5 Å². The highest BCUT2D eigenvalue weighted by Gasteiger charge is 1.97. The van der Waals surface area contributed by atoms with E-state index >= 15 is 0 Å². The smallest absolute Gasteiger partial charge is 0.302 e. The third-order valence-electron chi connectivity index (χ3n) is 2.36. The summed E-state index contributed by atoms with van der Waals surface area (Å²) >= 11 is 0. The van der Waals surface area contributed by atoms with Gasteiger partial charge in [0, 0.05) is 13.3 Å². The van der Waals surface area contributed by atoms with E-state index in [9.17, 15) is 4.79 Å². The number of esters is 1. The highest BCUT2D eigenvalue weighted by Crippen LogP contribution is 2.12. The molecule has 0 aliphatic carbocycles. The van der Waals surface area contributed by atoms with E-state index in [1.54, 1.807) is 0 Å². The zero-order valence-corrected chi connectivity index (χ0v) is 11.2. The Morgan fingerprint density at radius 1 is 1.17 bits per heavy atom. The molecule has 0 saturated carbocycles. The molecule has 0 saturated heterocycles. The lowest BCUT2D eigenvalue weighted by Crippen LogP contribution is -2.03. The Hall–Kier alpha value is -1.77. The van der Waals surface area contributed by atoms with E-state index in [1.165, 1.54) is 12.5 Å². The molecule has 98 valence electrons. The molecule has 1 rings (SSSR count). The van der Waals surface area contributed by atoms with Crippen LogP contribution in [0.15, 0.2) is 35.9 Å². The molecule has 1 aromatic carbocycles. The largest absolute Gasteiger partial charge is 0.490 e. The average Bonchev–Trinajstić information content (AvgIpc) is 2.30. The number of ether oxygens (including phenoxy) is 2. The van der Waals surface area contributed by atoms with Crippen LogP contribution in [0, 0.1) is 0 Å². The standard InChI is InChI=1S/C15H20O3/c1-12(2)8-10-18-15-6-4-14(5-7-15)9-11-17-13(3)16/h4-8H,9-11H2,1-3H3. The molecule has 0 spiro atoms. The first-order chi connectivity index (χ1) is 8.58. The van der Waals surface area contributed by atoms with Crippen molar-refractivity contribution in [2.75, 3.05) is 13.2 Å². The summed E-state index contributed by atoms with van der Waals surface area (Å²) in [6.07, 6.45) is 2.77. The minimum absolute atomic E-state index is 0.239. The Balaban J connectivity index is 2.37. The molecule has 3 heteroatoms. The van der Waals surface area contributed by atoms with Crippen LogP contribution in [0.1, 0.15) is 26.3 Å². The molecule has 18 heavy (non-hydrogen) atoms. The minimum Gasteiger partial charge on any atom is -0.490 e. The summed E-state index contributed by atoms with van der Waals surface area (Å²) in [6, 6.07) is 7.84. The van der Waals surface area contributed by atoms with E-state index < -0.39 is 0 Å². The predicted octanol–water partition coefficient (Wildman–Crippen LogP) is 3.14. The second kappa shape index (κ2) is 7.54. The first kappa shape index (κ1) is 14.3. The van der Waals surface area contributed by atoms with Gasteiger partial charge in [-0.25, -0.2) is 0 Å². The van der Waals surface area contributed by atoms with Crippen LogP contribution in [0.25, 0.3) is 0 Å². The van der Waals surface area contributed by atoms with Gasteiger partial charge < -0.3 is 9.47 Å². The van der Waals surface area contributed by atoms with E-state index in [1.807, 2.05) is 44.2 Å². The number of hydrogen-bond acceptors (Lipinski definition) is 3. The summed E-state index contributed by atoms with van der Waals surface area (Å²) in [5, 5.41) is 0. The lowest BCUT2D eigenvalue weighted by Gasteiger charge is -2.06. The van der Waals surface area contributed by atoms with Crippen molar-refractivity contribution in [3.63, 3.8) is 0 Å². The lowest BCUT2D eigenvalue weighted by molar-refractivity contribution is -0.140. The molecule has 0 aromatic heterocycles. The summed E-state index contributed by atoms with van der Waals surface area (Å²) in [7, 11) is 0. The summed E-state index contributed by atoms with van der Waals surface area (Å²) < 4.78 is 10.4. The van der Waals surface area contributed by atoms with E-state index in [2.05, 4.69) is 0 Å². The van der Waals surface area contributed by atoms with E-state index in [0.29, 0.717) is 13.2 Å². The highest BCUT2D eigenvalue weighted by atomic mass is 16.5. The maximum absolute atomic E-state index is 10.6. The normalized spacial score (nSPS) is 9.72. The van der Waals surface area contributed by atoms with Crippen LogP contribution in [-0.4, -0.2) is 19.2 Å². The van der Waals surface area contributed by atoms with Gasteiger partial charge in [-0.1, -0.05) is 17.7 Å². The minimum atomic E-state index is -0.239. The van der Waals surface area contributed by atoms with Crippen LogP contribution in [0.4, 0.5) is 0 Å². The quantitative estimate of drug-likeness (QED) is 0.573. The fourth-order valence-corrected chi connectivity index (χ4v) is 1.37. The number of carbonyl (C=O) groups excluding carboxylic acids is 1. The van der Waals surface area contributed by atoms with Gasteiger partial charge in [0.05, 0.1) is 6.61 Å². The fourth-order valence-electron chi connectivity index (χ4n) is 1.37. The summed E-state index contributed by atoms with van der Waals surface area (Å²) in [6.45, 7) is 6.52. The molecule has 0 radical (unpaired) electrons. The second-order valence-corrected chi connectivity index (χ2v) is 4.33. The summed E-state index contributed by atoms with van der Waals surface area (Å²) in [5.74, 6) is 0.611. The predicted molar refractivity (Wildman–Crippen MR) is 71.7 cm³/mol. The molecule has 0 fully saturated rings. The Bertz CT molecular complexity index is 400. The van der Waals surface area contributed by atoms with Crippen LogP contribution in [0.2, 0.25) is 0 Å². The second-order valence-electron chi connectivity index (χ2n) is 4.33. The third-order valence-corrected chi connectivity index (χ3v) is 2.36. The molecular weight excluding hydrogens is 228 g/mol. The van der Waals surface area contributed by atoms with Gasteiger partial charge in [-0.05, 0) is 37.6 Å². The number of hydrogen-bond donors (Lipinski definition) is 0. The van der Waals surface area contributed by atoms with Gasteiger partial charge >= 0.3 is 5.97 Å². The van der Waals surface area contributed by atoms with Crippen LogP contribution in [-0.2, 0) is 16.0 Å². The maximum atomic E-state index is 10.6. The van der Waals surface area contributed by atoms with Crippen molar-refractivity contribution in [2.24, 2.45) is 0 Å². The molecule has 1 aromatic rings. The average molecular weight is 248 g/mol. The first-order valence-corrected chi connectivity index (χ1v) is 6.06. The zero-order chi connectivity index (χ0) is 13.4. The maximum Gasteiger partial charge on any atom is 0.302 e. The molecule has 0 aliphatic heterocycles. The summed E-state index contributed by atoms with van der Waals surface area (Å²) in [5.41, 5.74) is 2.37. The molecule has 0 amide bonds. The van der Waals surface area contributed by atoms with Crippen LogP contribution in [0.3, 0.4) is 0 Å². The van der Waals surface area contributed by atoms with Gasteiger partial charge in [-0.2, -0.15) is 0 Å². The lowest BCUT2D eigenvalue weighted by atomic mass is 10.1. The van der Waals surface area contributed by atoms with Crippen molar-refractivity contribution < 1.29 is 14.3 Å². The van der Waals surface area contributed by atoms with Crippen molar-refractivity contribution >= 4 is 5.97 Å². The van der Waals surface area contributed by atoms with Gasteiger partial charge in [0.1, 0.15) is 12.4 Å². The molecular formula is C15H20O3. The summed E-state index contributed by atoms with van der Waals surface area (Å²) in [4.78, 5) is 10.6. The Kier molecular flexibility index (Phi) is 5.98. The van der Waals surface area contributed by atoms with Gasteiger partial charge in [-0.15, -0.1) is 0 Å². The van der Waals surface area contributed by atoms with Gasteiger partial charge in [0.15, 0.2) is 0 Å². The van der Waals surface area contributed by atoms with E-state index in [4.69, 9.17) is 9.47 Å². The van der Waals surface area contributed by atoms with Crippen molar-refractivity contribution in [1.82, 2.24) is 0 Å². The van der Waals surface area contributed by atoms with Gasteiger partial charge in [0.2, 0.25) is 0 Å². The van der Waals surface area contributed by atoms with Gasteiger partial charge in [-0.3, -0.25) is 4.79 Å². The van der Waals surface area contributed by atoms with Gasteiger partial charge in [0.25, 0.3) is 0 Å². The van der Waals surface area contributed by atoms with Crippen molar-refractivity contribution in [2.45, 2.75) is 27.2 Å². The Labute approximate surface area is 108 Å². The number of carbonyl (C=O) groups is 1. The molecule has 0 aliphatic rings. The van der Waals surface area contributed by atoms with Crippen molar-refractivity contribution in [3.8, 4) is 5.75 Å². The SMILES string of the molecule is CC(=O)OCCc1ccc(OCC=C(C)C)cc1. The molecule has 0 bridgehead atoms. The molecule has 0 atom stereocenters. The molecule has 0 unspecified atom stereocenters. The number of benzene rings is 1. The van der Waals surface area contributed by atoms with E-state index in [0.717, 1.165) is 17.7 Å². The Morgan fingerprint density at radius 3 is 2.39 bits per heavy atom. The monoisotopic (exact) mass is 248 g/mol. The highest BCUT2D eigenvalue weighted by molar-refractivity contribution is 5.65. The third kappa shape index (κ3) is 6.09. The first-order valence-electron chi connectivity index (χ1n) is 6.06. The molecule has 3 nitrogen and oxygen atoms in total. The number of allylic oxidation sites excluding steroid dienone is 1. The molecule has 0 heterocycles. The topological polar surface area (TPSA) is 35.5 Å². The van der Waals surface area contributed by atoms with Crippen molar-refractivity contribution in [1.29, 1.82) is 0 Å². The fraction of sp³-hybridized carbons (Fsp3) is 0.400. The van der Waals surface area contributed by atoms with Crippen LogP contribution >= 0.6 is 0 Å². The molecule has 0 N–H and O–H groups in total. The zero-order valence-electron chi connectivity index (χ0n) is 11.2. The van der Waals surface area contributed by atoms with Crippen LogP contribution < -0.4 is 4.74 Å². The Morgan fingerprint density at radius 2 is 1.83 bits per heavy atom. The van der Waals surface area contributed by atoms with E-state index in [-0.39, 0.29) is 5.97 Å². The van der Waals surface area contributed by atoms with Crippen LogP contribution in [0.5, 0.6) is 5.75 Å².